The third kappa shape index (κ3) is 7.06. The van der Waals surface area contributed by atoms with Gasteiger partial charge in [0.15, 0.2) is 5.82 Å². The van der Waals surface area contributed by atoms with E-state index in [1.54, 1.807) is 35.8 Å². The minimum absolute atomic E-state index is 0. The monoisotopic (exact) mass is 582 g/mol. The summed E-state index contributed by atoms with van der Waals surface area (Å²) < 4.78 is 38.8. The molecule has 1 aromatic carbocycles. The second-order valence-electron chi connectivity index (χ2n) is 8.34. The molecule has 10 nitrogen and oxygen atoms in total. The van der Waals surface area contributed by atoms with Crippen LogP contribution in [-0.2, 0) is 4.79 Å². The Hall–Kier alpha value is -4.10. The predicted molar refractivity (Wildman–Crippen MR) is 144 cm³/mol. The summed E-state index contributed by atoms with van der Waals surface area (Å²) in [4.78, 5) is 29.7. The molecule has 206 valence electrons. The zero-order chi connectivity index (χ0) is 26.0. The lowest BCUT2D eigenvalue weighted by Gasteiger charge is -2.27. The number of fused-ring (bicyclic) bond motifs is 1. The molecule has 0 unspecified atom stereocenters. The molecule has 0 atom stereocenters. The molecule has 1 aliphatic rings. The van der Waals surface area contributed by atoms with Crippen LogP contribution in [0.2, 0.25) is 0 Å². The van der Waals surface area contributed by atoms with Crippen LogP contribution < -0.4 is 20.9 Å². The number of urea groups is 1. The van der Waals surface area contributed by atoms with Crippen LogP contribution in [0.3, 0.4) is 0 Å². The molecule has 4 heterocycles. The van der Waals surface area contributed by atoms with E-state index < -0.39 is 18.8 Å². The average molecular weight is 583 g/mol. The van der Waals surface area contributed by atoms with Gasteiger partial charge in [-0.2, -0.15) is 13.2 Å². The fraction of sp³-hybridized carbons (Fsp3) is 0.208. The second-order valence-corrected chi connectivity index (χ2v) is 8.34. The number of carbonyl (C=O) groups excluding carboxylic acids is 2. The quantitative estimate of drug-likeness (QED) is 0.328. The van der Waals surface area contributed by atoms with E-state index in [0.29, 0.717) is 41.5 Å². The maximum absolute atomic E-state index is 12.3. The fourth-order valence-corrected chi connectivity index (χ4v) is 3.95. The number of nitrogens with zero attached hydrogens (tertiary/aromatic N) is 5. The predicted octanol–water partition coefficient (Wildman–Crippen LogP) is 3.92. The van der Waals surface area contributed by atoms with Crippen molar-refractivity contribution in [3.8, 4) is 22.5 Å². The molecule has 1 fully saturated rings. The molecule has 0 bridgehead atoms. The number of amides is 3. The summed E-state index contributed by atoms with van der Waals surface area (Å²) in [5, 5.41) is 15.5. The van der Waals surface area contributed by atoms with E-state index in [1.165, 1.54) is 0 Å². The van der Waals surface area contributed by atoms with E-state index in [4.69, 9.17) is 0 Å². The Morgan fingerprint density at radius 3 is 2.59 bits per heavy atom. The van der Waals surface area contributed by atoms with Crippen molar-refractivity contribution in [3.63, 3.8) is 0 Å². The smallest absolute Gasteiger partial charge is 0.353 e. The second kappa shape index (κ2) is 12.2. The summed E-state index contributed by atoms with van der Waals surface area (Å²) in [7, 11) is 0. The summed E-state index contributed by atoms with van der Waals surface area (Å²) in [6.07, 6.45) is -1.00. The summed E-state index contributed by atoms with van der Waals surface area (Å²) in [5.41, 5.74) is 3.87. The first kappa shape index (κ1) is 29.5. The van der Waals surface area contributed by atoms with E-state index in [9.17, 15) is 22.8 Å². The van der Waals surface area contributed by atoms with Crippen LogP contribution in [0.1, 0.15) is 0 Å². The molecule has 39 heavy (non-hydrogen) atoms. The molecule has 15 heteroatoms. The molecule has 3 aromatic heterocycles. The third-order valence-corrected chi connectivity index (χ3v) is 5.69. The number of hydrogen-bond donors (Lipinski definition) is 3. The maximum Gasteiger partial charge on any atom is 0.405 e. The van der Waals surface area contributed by atoms with Gasteiger partial charge in [-0.1, -0.05) is 12.1 Å². The lowest BCUT2D eigenvalue weighted by molar-refractivity contribution is -0.122. The Morgan fingerprint density at radius 1 is 1.05 bits per heavy atom. The summed E-state index contributed by atoms with van der Waals surface area (Å²) in [6, 6.07) is 13.2. The first-order chi connectivity index (χ1) is 17.7. The maximum atomic E-state index is 12.3. The third-order valence-electron chi connectivity index (χ3n) is 5.69. The minimum atomic E-state index is -4.49. The molecule has 0 saturated carbocycles. The van der Waals surface area contributed by atoms with Crippen molar-refractivity contribution in [2.75, 3.05) is 36.4 Å². The van der Waals surface area contributed by atoms with E-state index >= 15 is 0 Å². The van der Waals surface area contributed by atoms with Gasteiger partial charge in [0.25, 0.3) is 0 Å². The SMILES string of the molecule is Cl.Cl.O=C1CN(c2ccc(-c3ccn4c(-c5cccc(NC(=O)NCC(F)(F)F)c5)cnc4c3)nn2)CCN1. The largest absolute Gasteiger partial charge is 0.405 e. The summed E-state index contributed by atoms with van der Waals surface area (Å²) in [6.45, 7) is 0.0469. The molecule has 1 saturated heterocycles. The normalized spacial score (nSPS) is 13.2. The van der Waals surface area contributed by atoms with Crippen molar-refractivity contribution in [1.29, 1.82) is 0 Å². The highest BCUT2D eigenvalue weighted by Gasteiger charge is 2.27. The highest BCUT2D eigenvalue weighted by molar-refractivity contribution is 5.90. The van der Waals surface area contributed by atoms with Crippen molar-refractivity contribution < 1.29 is 22.8 Å². The number of hydrogen-bond acceptors (Lipinski definition) is 6. The number of pyridine rings is 1. The van der Waals surface area contributed by atoms with Crippen LogP contribution in [0.15, 0.2) is 60.9 Å². The van der Waals surface area contributed by atoms with Crippen LogP contribution in [0.4, 0.5) is 29.5 Å². The van der Waals surface area contributed by atoms with Gasteiger partial charge >= 0.3 is 12.2 Å². The van der Waals surface area contributed by atoms with Crippen molar-refractivity contribution in [2.45, 2.75) is 6.18 Å². The molecule has 0 spiro atoms. The number of aromatic nitrogens is 4. The standard InChI is InChI=1S/C24H21F3N8O2.2ClH/c25-24(26,27)14-30-23(37)31-17-3-1-2-16(10-17)19-12-29-21-11-15(6-8-35(19)21)18-4-5-20(33-32-18)34-9-7-28-22(36)13-34;;/h1-6,8,10-12H,7,9,13-14H2,(H,28,36)(H2,30,31,37);2*1H. The zero-order valence-corrected chi connectivity index (χ0v) is 21.7. The van der Waals surface area contributed by atoms with Gasteiger partial charge in [0.05, 0.1) is 24.1 Å². The molecule has 5 rings (SSSR count). The molecule has 0 aliphatic carbocycles. The topological polar surface area (TPSA) is 117 Å². The lowest BCUT2D eigenvalue weighted by Crippen LogP contribution is -2.48. The Labute approximate surface area is 232 Å². The molecule has 3 amide bonds. The van der Waals surface area contributed by atoms with E-state index in [2.05, 4.69) is 25.8 Å². The number of anilines is 2. The summed E-state index contributed by atoms with van der Waals surface area (Å²) >= 11 is 0. The number of halogens is 5. The first-order valence-electron chi connectivity index (χ1n) is 11.3. The fourth-order valence-electron chi connectivity index (χ4n) is 3.95. The molecule has 3 N–H and O–H groups in total. The van der Waals surface area contributed by atoms with Crippen molar-refractivity contribution in [3.05, 3.63) is 60.9 Å². The highest BCUT2D eigenvalue weighted by atomic mass is 35.5. The first-order valence-corrected chi connectivity index (χ1v) is 11.3. The van der Waals surface area contributed by atoms with Gasteiger partial charge in [-0.05, 0) is 36.4 Å². The number of nitrogens with one attached hydrogen (secondary N) is 3. The van der Waals surface area contributed by atoms with Gasteiger partial charge < -0.3 is 20.9 Å². The van der Waals surface area contributed by atoms with Gasteiger partial charge in [-0.3, -0.25) is 9.20 Å². The van der Waals surface area contributed by atoms with Crippen LogP contribution in [0, 0.1) is 0 Å². The van der Waals surface area contributed by atoms with Crippen molar-refractivity contribution >= 4 is 53.9 Å². The number of rotatable bonds is 5. The number of piperazine rings is 1. The van der Waals surface area contributed by atoms with E-state index in [-0.39, 0.29) is 37.3 Å². The number of carbonyl (C=O) groups is 2. The van der Waals surface area contributed by atoms with Gasteiger partial charge in [-0.15, -0.1) is 35.0 Å². The van der Waals surface area contributed by atoms with Crippen LogP contribution in [0.25, 0.3) is 28.2 Å². The minimum Gasteiger partial charge on any atom is -0.353 e. The highest BCUT2D eigenvalue weighted by Crippen LogP contribution is 2.26. The number of imidazole rings is 1. The molecule has 1 aliphatic heterocycles. The van der Waals surface area contributed by atoms with Crippen LogP contribution in [0.5, 0.6) is 0 Å². The Bertz CT molecular complexity index is 1460. The van der Waals surface area contributed by atoms with Gasteiger partial charge in [-0.25, -0.2) is 9.78 Å². The Balaban J connectivity index is 0.00000210. The van der Waals surface area contributed by atoms with Crippen LogP contribution >= 0.6 is 24.8 Å². The summed E-state index contributed by atoms with van der Waals surface area (Å²) in [5.74, 6) is 0.576. The molecular formula is C24H23Cl2F3N8O2. The van der Waals surface area contributed by atoms with Crippen LogP contribution in [-0.4, -0.2) is 63.9 Å². The van der Waals surface area contributed by atoms with Gasteiger partial charge in [0.2, 0.25) is 5.91 Å². The van der Waals surface area contributed by atoms with Crippen molar-refractivity contribution in [1.82, 2.24) is 30.2 Å². The van der Waals surface area contributed by atoms with E-state index in [0.717, 1.165) is 11.3 Å². The van der Waals surface area contributed by atoms with Crippen molar-refractivity contribution in [2.24, 2.45) is 0 Å². The van der Waals surface area contributed by atoms with E-state index in [1.807, 2.05) is 39.8 Å². The Morgan fingerprint density at radius 2 is 1.87 bits per heavy atom. The number of alkyl halides is 3. The molecular weight excluding hydrogens is 560 g/mol. The molecule has 4 aromatic rings. The Kier molecular flexibility index (Phi) is 9.20. The van der Waals surface area contributed by atoms with Gasteiger partial charge in [0.1, 0.15) is 12.2 Å². The average Bonchev–Trinajstić information content (AvgIpc) is 3.31. The zero-order valence-electron chi connectivity index (χ0n) is 20.1. The van der Waals surface area contributed by atoms with Gasteiger partial charge in [0, 0.05) is 36.1 Å². The lowest BCUT2D eigenvalue weighted by atomic mass is 10.1. The molecule has 0 radical (unpaired) electrons. The number of benzene rings is 1.